The SMILES string of the molecule is NN[14CH2]c1ccccc1. The minimum atomic E-state index is 0.737. The zero-order valence-corrected chi connectivity index (χ0v) is 5.17. The van der Waals surface area contributed by atoms with Gasteiger partial charge in [0.1, 0.15) is 0 Å². The summed E-state index contributed by atoms with van der Waals surface area (Å²) >= 11 is 0. The molecule has 0 saturated carbocycles. The highest BCUT2D eigenvalue weighted by atomic mass is 15.5. The second-order valence-electron chi connectivity index (χ2n) is 1.87. The van der Waals surface area contributed by atoms with E-state index in [0.717, 1.165) is 6.54 Å². The maximum atomic E-state index is 5.11. The molecule has 1 aromatic carbocycles. The minimum Gasteiger partial charge on any atom is -0.271 e. The molecule has 0 aliphatic heterocycles. The molecule has 0 unspecified atom stereocenters. The fraction of sp³-hybridized carbons (Fsp3) is 0.143. The first-order valence-electron chi connectivity index (χ1n) is 2.91. The molecular weight excluding hydrogens is 114 g/mol. The molecular formula is C7H10N2. The van der Waals surface area contributed by atoms with Crippen LogP contribution in [0.25, 0.3) is 0 Å². The molecule has 0 bridgehead atoms. The van der Waals surface area contributed by atoms with Gasteiger partial charge in [-0.05, 0) is 5.56 Å². The van der Waals surface area contributed by atoms with E-state index in [1.165, 1.54) is 5.56 Å². The highest BCUT2D eigenvalue weighted by Crippen LogP contribution is 1.95. The Morgan fingerprint density at radius 3 is 2.44 bits per heavy atom. The summed E-state index contributed by atoms with van der Waals surface area (Å²) in [6.45, 7) is 0.737. The molecule has 0 aliphatic rings. The first kappa shape index (κ1) is 6.26. The van der Waals surface area contributed by atoms with Gasteiger partial charge in [0.15, 0.2) is 0 Å². The molecule has 0 aliphatic carbocycles. The summed E-state index contributed by atoms with van der Waals surface area (Å²) in [6, 6.07) is 10.0. The Bertz CT molecular complexity index is 160. The Kier molecular flexibility index (Phi) is 2.24. The van der Waals surface area contributed by atoms with E-state index in [4.69, 9.17) is 5.84 Å². The highest BCUT2D eigenvalue weighted by molar-refractivity contribution is 5.13. The lowest BCUT2D eigenvalue weighted by atomic mass is 10.3. The van der Waals surface area contributed by atoms with Crippen LogP contribution in [0, 0.1) is 0 Å². The molecule has 48 valence electrons. The Balaban J connectivity index is 2.61. The third-order valence-corrected chi connectivity index (χ3v) is 1.15. The zero-order chi connectivity index (χ0) is 6.53. The van der Waals surface area contributed by atoms with E-state index in [1.54, 1.807) is 0 Å². The maximum absolute atomic E-state index is 5.11. The fourth-order valence-electron chi connectivity index (χ4n) is 0.714. The van der Waals surface area contributed by atoms with Crippen molar-refractivity contribution in [3.8, 4) is 0 Å². The summed E-state index contributed by atoms with van der Waals surface area (Å²) in [4.78, 5) is 0. The van der Waals surface area contributed by atoms with Crippen LogP contribution >= 0.6 is 0 Å². The lowest BCUT2D eigenvalue weighted by Gasteiger charge is -1.95. The van der Waals surface area contributed by atoms with Crippen LogP contribution < -0.4 is 11.3 Å². The predicted octanol–water partition coefficient (Wildman–Crippen LogP) is 0.650. The molecule has 0 radical (unpaired) electrons. The molecule has 9 heavy (non-hydrogen) atoms. The molecule has 0 heterocycles. The predicted molar refractivity (Wildman–Crippen MR) is 37.5 cm³/mol. The molecule has 1 aromatic rings. The number of rotatable bonds is 2. The van der Waals surface area contributed by atoms with Crippen LogP contribution in [0.1, 0.15) is 5.56 Å². The minimum absolute atomic E-state index is 0.737. The number of hydrogen-bond donors (Lipinski definition) is 2. The highest BCUT2D eigenvalue weighted by Gasteiger charge is 1.83. The van der Waals surface area contributed by atoms with Crippen LogP contribution in [0.4, 0.5) is 0 Å². The van der Waals surface area contributed by atoms with Crippen molar-refractivity contribution in [2.24, 2.45) is 5.84 Å². The van der Waals surface area contributed by atoms with Gasteiger partial charge in [-0.1, -0.05) is 30.3 Å². The van der Waals surface area contributed by atoms with Crippen molar-refractivity contribution >= 4 is 0 Å². The summed E-state index contributed by atoms with van der Waals surface area (Å²) in [5.41, 5.74) is 3.79. The molecule has 0 saturated heterocycles. The van der Waals surface area contributed by atoms with Crippen LogP contribution in [0.5, 0.6) is 0 Å². The molecule has 0 fully saturated rings. The second kappa shape index (κ2) is 3.22. The maximum Gasteiger partial charge on any atom is 0.0348 e. The Morgan fingerprint density at radius 2 is 1.89 bits per heavy atom. The standard InChI is InChI=1S/C7H10N2/c8-9-6-7-4-2-1-3-5-7/h1-5,9H,6,8H2/i6+2. The number of hydrazine groups is 1. The Labute approximate surface area is 54.7 Å². The lowest BCUT2D eigenvalue weighted by molar-refractivity contribution is 0.741. The van der Waals surface area contributed by atoms with Crippen LogP contribution in [0.15, 0.2) is 30.3 Å². The molecule has 1 rings (SSSR count). The van der Waals surface area contributed by atoms with Gasteiger partial charge in [-0.15, -0.1) is 0 Å². The summed E-state index contributed by atoms with van der Waals surface area (Å²) in [7, 11) is 0. The van der Waals surface area contributed by atoms with Gasteiger partial charge < -0.3 is 0 Å². The Hall–Kier alpha value is -0.860. The largest absolute Gasteiger partial charge is 0.271 e. The van der Waals surface area contributed by atoms with Gasteiger partial charge in [0, 0.05) is 6.54 Å². The van der Waals surface area contributed by atoms with Crippen LogP contribution in [0.2, 0.25) is 0 Å². The van der Waals surface area contributed by atoms with Crippen LogP contribution in [-0.2, 0) is 6.54 Å². The van der Waals surface area contributed by atoms with E-state index in [0.29, 0.717) is 0 Å². The molecule has 2 nitrogen and oxygen atoms in total. The van der Waals surface area contributed by atoms with Crippen LogP contribution in [0.3, 0.4) is 0 Å². The van der Waals surface area contributed by atoms with Gasteiger partial charge >= 0.3 is 0 Å². The molecule has 2 heteroatoms. The van der Waals surface area contributed by atoms with Crippen molar-refractivity contribution in [3.05, 3.63) is 35.9 Å². The number of benzene rings is 1. The van der Waals surface area contributed by atoms with E-state index in [-0.39, 0.29) is 0 Å². The average molecular weight is 124 g/mol. The summed E-state index contributed by atoms with van der Waals surface area (Å²) < 4.78 is 0. The number of nitrogens with one attached hydrogen (secondary N) is 1. The zero-order valence-electron chi connectivity index (χ0n) is 5.17. The van der Waals surface area contributed by atoms with Crippen molar-refractivity contribution < 1.29 is 0 Å². The molecule has 0 amide bonds. The van der Waals surface area contributed by atoms with Crippen molar-refractivity contribution in [2.75, 3.05) is 0 Å². The number of hydrogen-bond acceptors (Lipinski definition) is 2. The summed E-state index contributed by atoms with van der Waals surface area (Å²) in [6.07, 6.45) is 0. The van der Waals surface area contributed by atoms with Gasteiger partial charge in [-0.25, -0.2) is 0 Å². The van der Waals surface area contributed by atoms with E-state index in [2.05, 4.69) is 5.43 Å². The van der Waals surface area contributed by atoms with E-state index in [9.17, 15) is 0 Å². The van der Waals surface area contributed by atoms with E-state index in [1.807, 2.05) is 30.3 Å². The normalized spacial score (nSPS) is 9.44. The second-order valence-corrected chi connectivity index (χ2v) is 1.87. The molecule has 0 atom stereocenters. The Morgan fingerprint density at radius 1 is 1.22 bits per heavy atom. The van der Waals surface area contributed by atoms with Crippen molar-refractivity contribution in [1.82, 2.24) is 5.43 Å². The van der Waals surface area contributed by atoms with Crippen molar-refractivity contribution in [3.63, 3.8) is 0 Å². The van der Waals surface area contributed by atoms with E-state index < -0.39 is 0 Å². The lowest BCUT2D eigenvalue weighted by Crippen LogP contribution is -2.20. The van der Waals surface area contributed by atoms with Gasteiger partial charge in [0.25, 0.3) is 0 Å². The summed E-state index contributed by atoms with van der Waals surface area (Å²) in [5, 5.41) is 0. The van der Waals surface area contributed by atoms with Crippen molar-refractivity contribution in [1.29, 1.82) is 0 Å². The third kappa shape index (κ3) is 1.83. The monoisotopic (exact) mass is 124 g/mol. The first-order valence-corrected chi connectivity index (χ1v) is 2.91. The van der Waals surface area contributed by atoms with Gasteiger partial charge in [0.05, 0.1) is 0 Å². The molecule has 0 aromatic heterocycles. The quantitative estimate of drug-likeness (QED) is 0.448. The molecule has 3 N–H and O–H groups in total. The van der Waals surface area contributed by atoms with Gasteiger partial charge in [0.2, 0.25) is 0 Å². The average Bonchev–Trinajstić information content (AvgIpc) is 1.91. The topological polar surface area (TPSA) is 38.0 Å². The van der Waals surface area contributed by atoms with Gasteiger partial charge in [-0.3, -0.25) is 11.3 Å². The summed E-state index contributed by atoms with van der Waals surface area (Å²) in [5.74, 6) is 5.11. The first-order chi connectivity index (χ1) is 4.43. The van der Waals surface area contributed by atoms with E-state index >= 15 is 0 Å². The van der Waals surface area contributed by atoms with Crippen LogP contribution in [-0.4, -0.2) is 0 Å². The fourth-order valence-corrected chi connectivity index (χ4v) is 0.714. The molecule has 0 spiro atoms. The van der Waals surface area contributed by atoms with Crippen molar-refractivity contribution in [2.45, 2.75) is 6.54 Å². The third-order valence-electron chi connectivity index (χ3n) is 1.15. The number of nitrogens with two attached hydrogens (primary N) is 1. The smallest absolute Gasteiger partial charge is 0.0348 e. The van der Waals surface area contributed by atoms with Gasteiger partial charge in [-0.2, -0.15) is 0 Å².